The first kappa shape index (κ1) is 22.7. The fourth-order valence-electron chi connectivity index (χ4n) is 3.77. The second-order valence-corrected chi connectivity index (χ2v) is 8.24. The zero-order valence-corrected chi connectivity index (χ0v) is 19.7. The summed E-state index contributed by atoms with van der Waals surface area (Å²) in [6.45, 7) is 6.45. The zero-order chi connectivity index (χ0) is 23.4. The Labute approximate surface area is 198 Å². The molecule has 1 aromatic heterocycles. The van der Waals surface area contributed by atoms with E-state index in [9.17, 15) is 4.79 Å². The SMILES string of the molecule is CCOc1cc2occ(-c3ccc(Cl)cc3)c2cc1/C(C)=C/C(=O)Nc1ccc(CC)cc1. The van der Waals surface area contributed by atoms with Gasteiger partial charge in [-0.25, -0.2) is 0 Å². The standard InChI is InChI=1S/C28H26ClNO3/c1-4-19-6-12-22(13-7-19)30-28(31)14-18(3)23-15-24-25(20-8-10-21(29)11-9-20)17-33-27(24)16-26(23)32-5-2/h6-17H,4-5H2,1-3H3,(H,30,31)/b18-14+. The van der Waals surface area contributed by atoms with Gasteiger partial charge in [-0.15, -0.1) is 0 Å². The number of amides is 1. The Morgan fingerprint density at radius 2 is 1.79 bits per heavy atom. The third kappa shape index (κ3) is 5.12. The Bertz CT molecular complexity index is 1300. The van der Waals surface area contributed by atoms with Crippen molar-refractivity contribution in [2.75, 3.05) is 11.9 Å². The first-order valence-electron chi connectivity index (χ1n) is 11.0. The van der Waals surface area contributed by atoms with E-state index in [4.69, 9.17) is 20.8 Å². The molecule has 1 N–H and O–H groups in total. The average molecular weight is 460 g/mol. The Morgan fingerprint density at radius 1 is 1.06 bits per heavy atom. The highest BCUT2D eigenvalue weighted by molar-refractivity contribution is 6.30. The molecule has 0 bridgehead atoms. The van der Waals surface area contributed by atoms with Gasteiger partial charge in [0.05, 0.1) is 12.9 Å². The van der Waals surface area contributed by atoms with E-state index in [2.05, 4.69) is 12.2 Å². The van der Waals surface area contributed by atoms with Gasteiger partial charge in [-0.05, 0) is 67.3 Å². The number of ether oxygens (including phenoxy) is 1. The predicted octanol–water partition coefficient (Wildman–Crippen LogP) is 7.76. The maximum Gasteiger partial charge on any atom is 0.248 e. The summed E-state index contributed by atoms with van der Waals surface area (Å²) in [6, 6.07) is 19.4. The molecule has 1 amide bonds. The number of rotatable bonds is 7. The van der Waals surface area contributed by atoms with Gasteiger partial charge in [0, 0.05) is 39.4 Å². The van der Waals surface area contributed by atoms with Crippen molar-refractivity contribution in [2.45, 2.75) is 27.2 Å². The summed E-state index contributed by atoms with van der Waals surface area (Å²) >= 11 is 6.05. The zero-order valence-electron chi connectivity index (χ0n) is 18.9. The van der Waals surface area contributed by atoms with Gasteiger partial charge in [0.25, 0.3) is 0 Å². The van der Waals surface area contributed by atoms with Gasteiger partial charge >= 0.3 is 0 Å². The molecule has 0 atom stereocenters. The number of halogens is 1. The van der Waals surface area contributed by atoms with Crippen molar-refractivity contribution in [2.24, 2.45) is 0 Å². The van der Waals surface area contributed by atoms with Crippen LogP contribution in [-0.4, -0.2) is 12.5 Å². The lowest BCUT2D eigenvalue weighted by Crippen LogP contribution is -2.08. The molecule has 3 aromatic carbocycles. The quantitative estimate of drug-likeness (QED) is 0.287. The highest BCUT2D eigenvalue weighted by Crippen LogP contribution is 2.37. The third-order valence-electron chi connectivity index (χ3n) is 5.53. The van der Waals surface area contributed by atoms with E-state index < -0.39 is 0 Å². The third-order valence-corrected chi connectivity index (χ3v) is 5.78. The molecule has 0 fully saturated rings. The molecule has 0 aliphatic carbocycles. The topological polar surface area (TPSA) is 51.5 Å². The summed E-state index contributed by atoms with van der Waals surface area (Å²) in [5.41, 5.74) is 6.32. The van der Waals surface area contributed by atoms with Crippen LogP contribution in [0.15, 0.2) is 77.4 Å². The average Bonchev–Trinajstić information content (AvgIpc) is 3.22. The number of allylic oxidation sites excluding steroid dienone is 1. The monoisotopic (exact) mass is 459 g/mol. The largest absolute Gasteiger partial charge is 0.493 e. The smallest absolute Gasteiger partial charge is 0.248 e. The number of fused-ring (bicyclic) bond motifs is 1. The lowest BCUT2D eigenvalue weighted by Gasteiger charge is -2.12. The van der Waals surface area contributed by atoms with E-state index in [1.807, 2.05) is 74.5 Å². The van der Waals surface area contributed by atoms with Crippen LogP contribution in [0.25, 0.3) is 27.7 Å². The van der Waals surface area contributed by atoms with Crippen molar-refractivity contribution in [1.29, 1.82) is 0 Å². The summed E-state index contributed by atoms with van der Waals surface area (Å²) < 4.78 is 11.7. The van der Waals surface area contributed by atoms with Crippen molar-refractivity contribution in [3.8, 4) is 16.9 Å². The molecular weight excluding hydrogens is 434 g/mol. The Kier molecular flexibility index (Phi) is 6.85. The summed E-state index contributed by atoms with van der Waals surface area (Å²) in [5, 5.41) is 4.56. The molecule has 0 aliphatic rings. The fourth-order valence-corrected chi connectivity index (χ4v) is 3.89. The number of hydrogen-bond donors (Lipinski definition) is 1. The minimum absolute atomic E-state index is 0.190. The van der Waals surface area contributed by atoms with Crippen molar-refractivity contribution in [3.05, 3.63) is 89.2 Å². The second kappa shape index (κ2) is 9.97. The maximum absolute atomic E-state index is 12.7. The molecule has 168 valence electrons. The molecule has 0 aliphatic heterocycles. The molecule has 4 rings (SSSR count). The van der Waals surface area contributed by atoms with Gasteiger partial charge in [0.2, 0.25) is 5.91 Å². The normalized spacial score (nSPS) is 11.6. The number of hydrogen-bond acceptors (Lipinski definition) is 3. The van der Waals surface area contributed by atoms with Gasteiger partial charge in [-0.3, -0.25) is 4.79 Å². The summed E-state index contributed by atoms with van der Waals surface area (Å²) in [5.74, 6) is 0.486. The van der Waals surface area contributed by atoms with Gasteiger partial charge in [-0.1, -0.05) is 42.8 Å². The summed E-state index contributed by atoms with van der Waals surface area (Å²) in [6.07, 6.45) is 4.29. The summed E-state index contributed by atoms with van der Waals surface area (Å²) in [7, 11) is 0. The van der Waals surface area contributed by atoms with E-state index >= 15 is 0 Å². The minimum atomic E-state index is -0.190. The number of benzene rings is 3. The fraction of sp³-hybridized carbons (Fsp3) is 0.179. The van der Waals surface area contributed by atoms with Crippen LogP contribution in [0.5, 0.6) is 5.75 Å². The molecule has 0 radical (unpaired) electrons. The predicted molar refractivity (Wildman–Crippen MR) is 136 cm³/mol. The Balaban J connectivity index is 1.69. The minimum Gasteiger partial charge on any atom is -0.493 e. The first-order chi connectivity index (χ1) is 16.0. The molecule has 4 aromatic rings. The Hall–Kier alpha value is -3.50. The highest BCUT2D eigenvalue weighted by atomic mass is 35.5. The van der Waals surface area contributed by atoms with Crippen molar-refractivity contribution < 1.29 is 13.9 Å². The maximum atomic E-state index is 12.7. The number of furan rings is 1. The number of aryl methyl sites for hydroxylation is 1. The number of carbonyl (C=O) groups is 1. The van der Waals surface area contributed by atoms with Crippen LogP contribution < -0.4 is 10.1 Å². The number of carbonyl (C=O) groups excluding carboxylic acids is 1. The van der Waals surface area contributed by atoms with Crippen molar-refractivity contribution in [1.82, 2.24) is 0 Å². The first-order valence-corrected chi connectivity index (χ1v) is 11.4. The van der Waals surface area contributed by atoms with Crippen LogP contribution in [0.4, 0.5) is 5.69 Å². The van der Waals surface area contributed by atoms with Crippen LogP contribution in [0.3, 0.4) is 0 Å². The van der Waals surface area contributed by atoms with Gasteiger partial charge in [0.15, 0.2) is 0 Å². The van der Waals surface area contributed by atoms with Gasteiger partial charge in [-0.2, -0.15) is 0 Å². The van der Waals surface area contributed by atoms with Gasteiger partial charge in [0.1, 0.15) is 11.3 Å². The molecule has 0 saturated heterocycles. The van der Waals surface area contributed by atoms with Crippen LogP contribution in [-0.2, 0) is 11.2 Å². The van der Waals surface area contributed by atoms with Crippen LogP contribution in [0, 0.1) is 0 Å². The van der Waals surface area contributed by atoms with E-state index in [0.29, 0.717) is 17.4 Å². The molecule has 4 nitrogen and oxygen atoms in total. The molecule has 5 heteroatoms. The van der Waals surface area contributed by atoms with E-state index in [1.165, 1.54) is 5.56 Å². The highest BCUT2D eigenvalue weighted by Gasteiger charge is 2.15. The van der Waals surface area contributed by atoms with Crippen LogP contribution in [0.2, 0.25) is 5.02 Å². The molecular formula is C28H26ClNO3. The van der Waals surface area contributed by atoms with E-state index in [0.717, 1.165) is 45.3 Å². The second-order valence-electron chi connectivity index (χ2n) is 7.80. The van der Waals surface area contributed by atoms with Crippen molar-refractivity contribution in [3.63, 3.8) is 0 Å². The lowest BCUT2D eigenvalue weighted by molar-refractivity contribution is -0.111. The molecule has 33 heavy (non-hydrogen) atoms. The Morgan fingerprint density at radius 3 is 2.45 bits per heavy atom. The lowest BCUT2D eigenvalue weighted by atomic mass is 9.99. The molecule has 0 unspecified atom stereocenters. The molecule has 1 heterocycles. The van der Waals surface area contributed by atoms with E-state index in [-0.39, 0.29) is 5.91 Å². The van der Waals surface area contributed by atoms with Crippen LogP contribution >= 0.6 is 11.6 Å². The number of anilines is 1. The van der Waals surface area contributed by atoms with Crippen LogP contribution in [0.1, 0.15) is 31.9 Å². The van der Waals surface area contributed by atoms with Crippen molar-refractivity contribution >= 4 is 39.7 Å². The molecule has 0 spiro atoms. The summed E-state index contributed by atoms with van der Waals surface area (Å²) in [4.78, 5) is 12.7. The number of nitrogens with one attached hydrogen (secondary N) is 1. The van der Waals surface area contributed by atoms with Gasteiger partial charge < -0.3 is 14.5 Å². The van der Waals surface area contributed by atoms with E-state index in [1.54, 1.807) is 12.3 Å². The molecule has 0 saturated carbocycles.